The van der Waals surface area contributed by atoms with Crippen molar-refractivity contribution in [1.29, 1.82) is 0 Å². The molecule has 1 amide bonds. The number of carboxylic acid groups (broad SMARTS) is 1. The fourth-order valence-corrected chi connectivity index (χ4v) is 4.67. The summed E-state index contributed by atoms with van der Waals surface area (Å²) >= 11 is 2.27. The molecular formula is C10H12N2O5S3. The maximum atomic E-state index is 12.0. The van der Waals surface area contributed by atoms with Gasteiger partial charge >= 0.3 is 5.97 Å². The summed E-state index contributed by atoms with van der Waals surface area (Å²) in [5, 5.41) is 18.0. The highest BCUT2D eigenvalue weighted by Gasteiger charge is 2.43. The molecule has 0 aliphatic carbocycles. The minimum atomic E-state index is -3.86. The summed E-state index contributed by atoms with van der Waals surface area (Å²) in [5.74, 6) is -0.752. The van der Waals surface area contributed by atoms with Gasteiger partial charge in [0.2, 0.25) is 10.0 Å². The number of nitrogens with one attached hydrogen (secondary N) is 1. The first kappa shape index (κ1) is 15.3. The van der Waals surface area contributed by atoms with E-state index < -0.39 is 27.4 Å². The van der Waals surface area contributed by atoms with Crippen molar-refractivity contribution in [2.45, 2.75) is 16.2 Å². The topological polar surface area (TPSA) is 127 Å². The van der Waals surface area contributed by atoms with Gasteiger partial charge in [-0.25, -0.2) is 18.4 Å². The van der Waals surface area contributed by atoms with Crippen LogP contribution in [-0.2, 0) is 14.8 Å². The van der Waals surface area contributed by atoms with Gasteiger partial charge in [-0.1, -0.05) is 0 Å². The molecule has 1 aliphatic heterocycles. The van der Waals surface area contributed by atoms with Gasteiger partial charge in [-0.05, 0) is 18.2 Å². The van der Waals surface area contributed by atoms with E-state index >= 15 is 0 Å². The molecular weight excluding hydrogens is 324 g/mol. The number of primary sulfonamides is 1. The number of sulfonamides is 1. The molecule has 20 heavy (non-hydrogen) atoms. The van der Waals surface area contributed by atoms with Gasteiger partial charge in [-0.3, -0.25) is 4.79 Å². The summed E-state index contributed by atoms with van der Waals surface area (Å²) in [6.45, 7) is 0. The number of amides is 1. The first-order chi connectivity index (χ1) is 9.24. The Morgan fingerprint density at radius 3 is 2.60 bits per heavy atom. The standard InChI is InChI=1S/C10H12N2O5S3/c11-20(16,17)7-3-6(4-19-7)8(13)12-10(9(14)15)1-2-18-5-10/h3-4H,1-2,5H2,(H,12,13)(H,14,15)(H2,11,16,17). The van der Waals surface area contributed by atoms with E-state index in [2.05, 4.69) is 5.32 Å². The maximum Gasteiger partial charge on any atom is 0.330 e. The minimum Gasteiger partial charge on any atom is -0.479 e. The zero-order chi connectivity index (χ0) is 15.0. The fraction of sp³-hybridized carbons (Fsp3) is 0.400. The Morgan fingerprint density at radius 1 is 1.45 bits per heavy atom. The van der Waals surface area contributed by atoms with Crippen molar-refractivity contribution in [1.82, 2.24) is 5.32 Å². The number of hydrogen-bond acceptors (Lipinski definition) is 6. The maximum absolute atomic E-state index is 12.0. The molecule has 1 saturated heterocycles. The van der Waals surface area contributed by atoms with E-state index in [1.807, 2.05) is 0 Å². The third-order valence-corrected chi connectivity index (χ3v) is 6.48. The highest BCUT2D eigenvalue weighted by Crippen LogP contribution is 2.29. The average Bonchev–Trinajstić information content (AvgIpc) is 2.96. The third kappa shape index (κ3) is 2.97. The summed E-state index contributed by atoms with van der Waals surface area (Å²) in [6.07, 6.45) is 0.338. The Hall–Kier alpha value is -1.10. The molecule has 2 rings (SSSR count). The second-order valence-electron chi connectivity index (χ2n) is 4.34. The van der Waals surface area contributed by atoms with Gasteiger partial charge in [0.25, 0.3) is 5.91 Å². The van der Waals surface area contributed by atoms with Crippen molar-refractivity contribution < 1.29 is 23.1 Å². The summed E-state index contributed by atoms with van der Waals surface area (Å²) in [6, 6.07) is 1.15. The number of thiophene rings is 1. The number of hydrogen-bond donors (Lipinski definition) is 3. The van der Waals surface area contributed by atoms with Crippen molar-refractivity contribution in [3.05, 3.63) is 17.0 Å². The van der Waals surface area contributed by atoms with Gasteiger partial charge in [-0.2, -0.15) is 11.8 Å². The van der Waals surface area contributed by atoms with Gasteiger partial charge in [-0.15, -0.1) is 11.3 Å². The minimum absolute atomic E-state index is 0.0940. The first-order valence-electron chi connectivity index (χ1n) is 5.50. The van der Waals surface area contributed by atoms with Crippen LogP contribution in [0.4, 0.5) is 0 Å². The molecule has 1 aromatic rings. The lowest BCUT2D eigenvalue weighted by molar-refractivity contribution is -0.143. The van der Waals surface area contributed by atoms with Crippen LogP contribution in [0.2, 0.25) is 0 Å². The summed E-state index contributed by atoms with van der Waals surface area (Å²) in [5.41, 5.74) is -1.19. The van der Waals surface area contributed by atoms with Crippen molar-refractivity contribution in [2.75, 3.05) is 11.5 Å². The normalized spacial score (nSPS) is 22.6. The van der Waals surface area contributed by atoms with E-state index in [4.69, 9.17) is 5.14 Å². The molecule has 2 heterocycles. The van der Waals surface area contributed by atoms with Gasteiger partial charge < -0.3 is 10.4 Å². The monoisotopic (exact) mass is 336 g/mol. The van der Waals surface area contributed by atoms with Gasteiger partial charge in [0.1, 0.15) is 9.75 Å². The van der Waals surface area contributed by atoms with Crippen LogP contribution in [0.3, 0.4) is 0 Å². The molecule has 110 valence electrons. The molecule has 0 bridgehead atoms. The largest absolute Gasteiger partial charge is 0.479 e. The van der Waals surface area contributed by atoms with E-state index in [0.29, 0.717) is 17.9 Å². The predicted octanol–water partition coefficient (Wildman–Crippen LogP) is 0.0856. The summed E-state index contributed by atoms with van der Waals surface area (Å²) in [7, 11) is -3.86. The summed E-state index contributed by atoms with van der Waals surface area (Å²) < 4.78 is 22.2. The third-order valence-electron chi connectivity index (χ3n) is 2.90. The zero-order valence-corrected chi connectivity index (χ0v) is 12.6. The molecule has 0 radical (unpaired) electrons. The number of carboxylic acids is 1. The highest BCUT2D eigenvalue weighted by atomic mass is 32.2. The van der Waals surface area contributed by atoms with Crippen LogP contribution in [0.25, 0.3) is 0 Å². The number of carbonyl (C=O) groups is 2. The van der Waals surface area contributed by atoms with Gasteiger partial charge in [0.15, 0.2) is 0 Å². The van der Waals surface area contributed by atoms with Crippen LogP contribution >= 0.6 is 23.1 Å². The molecule has 1 aromatic heterocycles. The predicted molar refractivity (Wildman–Crippen MR) is 75.5 cm³/mol. The molecule has 1 atom stereocenters. The number of carbonyl (C=O) groups excluding carboxylic acids is 1. The molecule has 1 aliphatic rings. The lowest BCUT2D eigenvalue weighted by Crippen LogP contribution is -2.54. The van der Waals surface area contributed by atoms with Crippen LogP contribution in [0.1, 0.15) is 16.8 Å². The van der Waals surface area contributed by atoms with Crippen LogP contribution in [0.5, 0.6) is 0 Å². The zero-order valence-electron chi connectivity index (χ0n) is 10.2. The second-order valence-corrected chi connectivity index (χ2v) is 8.15. The first-order valence-corrected chi connectivity index (χ1v) is 9.08. The Labute approximate surface area is 123 Å². The lowest BCUT2D eigenvalue weighted by atomic mass is 9.99. The molecule has 1 fully saturated rings. The Kier molecular flexibility index (Phi) is 4.09. The Balaban J connectivity index is 2.20. The molecule has 0 spiro atoms. The number of aliphatic carboxylic acids is 1. The lowest BCUT2D eigenvalue weighted by Gasteiger charge is -2.24. The SMILES string of the molecule is NS(=O)(=O)c1cc(C(=O)NC2(C(=O)O)CCSC2)cs1. The van der Waals surface area contributed by atoms with E-state index in [0.717, 1.165) is 17.4 Å². The number of nitrogens with two attached hydrogens (primary N) is 1. The van der Waals surface area contributed by atoms with Crippen molar-refractivity contribution >= 4 is 45.0 Å². The number of rotatable bonds is 4. The number of thioether (sulfide) groups is 1. The van der Waals surface area contributed by atoms with Crippen molar-refractivity contribution in [3.8, 4) is 0 Å². The quantitative estimate of drug-likeness (QED) is 0.715. The molecule has 0 saturated carbocycles. The molecule has 10 heteroatoms. The highest BCUT2D eigenvalue weighted by molar-refractivity contribution is 7.99. The van der Waals surface area contributed by atoms with E-state index in [1.165, 1.54) is 17.1 Å². The van der Waals surface area contributed by atoms with Crippen LogP contribution < -0.4 is 10.5 Å². The molecule has 1 unspecified atom stereocenters. The van der Waals surface area contributed by atoms with Gasteiger partial charge in [0, 0.05) is 11.1 Å². The summed E-state index contributed by atoms with van der Waals surface area (Å²) in [4.78, 5) is 23.4. The van der Waals surface area contributed by atoms with Crippen LogP contribution in [0.15, 0.2) is 15.7 Å². The average molecular weight is 336 g/mol. The van der Waals surface area contributed by atoms with Crippen LogP contribution in [0, 0.1) is 0 Å². The van der Waals surface area contributed by atoms with Crippen LogP contribution in [-0.4, -0.2) is 42.4 Å². The fourth-order valence-electron chi connectivity index (χ4n) is 1.76. The molecule has 0 aromatic carbocycles. The van der Waals surface area contributed by atoms with Gasteiger partial charge in [0.05, 0.1) is 5.56 Å². The van der Waals surface area contributed by atoms with Crippen molar-refractivity contribution in [3.63, 3.8) is 0 Å². The van der Waals surface area contributed by atoms with Crippen molar-refractivity contribution in [2.24, 2.45) is 5.14 Å². The Bertz CT molecular complexity index is 646. The van der Waals surface area contributed by atoms with E-state index in [1.54, 1.807) is 0 Å². The Morgan fingerprint density at radius 2 is 2.15 bits per heavy atom. The second kappa shape index (κ2) is 5.35. The molecule has 7 nitrogen and oxygen atoms in total. The molecule has 4 N–H and O–H groups in total. The smallest absolute Gasteiger partial charge is 0.330 e. The van der Waals surface area contributed by atoms with E-state index in [-0.39, 0.29) is 9.77 Å². The van der Waals surface area contributed by atoms with E-state index in [9.17, 15) is 23.1 Å².